The van der Waals surface area contributed by atoms with Gasteiger partial charge in [-0.3, -0.25) is 0 Å². The van der Waals surface area contributed by atoms with E-state index in [-0.39, 0.29) is 0 Å². The molecule has 0 fully saturated rings. The minimum Gasteiger partial charge on any atom is -0.462 e. The third kappa shape index (κ3) is 7.48. The van der Waals surface area contributed by atoms with Gasteiger partial charge in [0.15, 0.2) is 6.61 Å². The Kier molecular flexibility index (Phi) is 2.69. The summed E-state index contributed by atoms with van der Waals surface area (Å²) in [7, 11) is 0. The first-order valence-electron chi connectivity index (χ1n) is 1.91. The molecule has 0 atom stereocenters. The van der Waals surface area contributed by atoms with E-state index in [4.69, 9.17) is 0 Å². The lowest BCUT2D eigenvalue weighted by molar-refractivity contribution is -0.155. The van der Waals surface area contributed by atoms with Gasteiger partial charge in [0.2, 0.25) is 0 Å². The highest BCUT2D eigenvalue weighted by atomic mass is 32.1. The summed E-state index contributed by atoms with van der Waals surface area (Å²) in [6, 6.07) is 0. The highest BCUT2D eigenvalue weighted by Gasteiger charge is 2.28. The molecule has 0 rings (SSSR count). The van der Waals surface area contributed by atoms with E-state index in [1.807, 2.05) is 0 Å². The van der Waals surface area contributed by atoms with E-state index in [0.29, 0.717) is 0 Å². The van der Waals surface area contributed by atoms with Crippen LogP contribution in [0, 0.1) is 0 Å². The lowest BCUT2D eigenvalue weighted by Gasteiger charge is -2.05. The first-order chi connectivity index (χ1) is 3.92. The van der Waals surface area contributed by atoms with Crippen molar-refractivity contribution >= 4 is 17.4 Å². The number of alkyl halides is 3. The van der Waals surface area contributed by atoms with Gasteiger partial charge in [0, 0.05) is 0 Å². The SMILES string of the molecule is NC(=S)OCC(F)(F)F. The summed E-state index contributed by atoms with van der Waals surface area (Å²) < 4.78 is 37.3. The Morgan fingerprint density at radius 2 is 2.00 bits per heavy atom. The first-order valence-corrected chi connectivity index (χ1v) is 2.31. The molecule has 54 valence electrons. The number of ether oxygens (including phenoxy) is 1. The number of thiocarbonyl (C=S) groups is 1. The van der Waals surface area contributed by atoms with Crippen molar-refractivity contribution in [2.45, 2.75) is 6.18 Å². The smallest absolute Gasteiger partial charge is 0.422 e. The molecule has 0 aliphatic rings. The quantitative estimate of drug-likeness (QED) is 0.575. The molecule has 9 heavy (non-hydrogen) atoms. The standard InChI is InChI=1S/C3H4F3NOS/c4-3(5,6)1-8-2(7)9/h1H2,(H2,7,9). The molecule has 0 amide bonds. The van der Waals surface area contributed by atoms with Crippen LogP contribution in [0.25, 0.3) is 0 Å². The van der Waals surface area contributed by atoms with Crippen LogP contribution in [0.5, 0.6) is 0 Å². The van der Waals surface area contributed by atoms with Gasteiger partial charge in [-0.05, 0) is 12.2 Å². The second kappa shape index (κ2) is 2.86. The van der Waals surface area contributed by atoms with E-state index in [0.717, 1.165) is 0 Å². The molecular weight excluding hydrogens is 155 g/mol. The Labute approximate surface area is 54.8 Å². The number of hydrogen-bond acceptors (Lipinski definition) is 2. The minimum atomic E-state index is -4.36. The molecule has 0 aromatic carbocycles. The van der Waals surface area contributed by atoms with Crippen molar-refractivity contribution in [2.24, 2.45) is 5.73 Å². The summed E-state index contributed by atoms with van der Waals surface area (Å²) >= 11 is 4.02. The van der Waals surface area contributed by atoms with Gasteiger partial charge < -0.3 is 10.5 Å². The van der Waals surface area contributed by atoms with Gasteiger partial charge in [-0.25, -0.2) is 0 Å². The molecular formula is C3H4F3NOS. The van der Waals surface area contributed by atoms with Crippen LogP contribution < -0.4 is 5.73 Å². The third-order valence-electron chi connectivity index (χ3n) is 0.378. The highest BCUT2D eigenvalue weighted by molar-refractivity contribution is 7.80. The predicted molar refractivity (Wildman–Crippen MR) is 28.8 cm³/mol. The Morgan fingerprint density at radius 3 is 2.11 bits per heavy atom. The van der Waals surface area contributed by atoms with Gasteiger partial charge in [-0.1, -0.05) is 0 Å². The summed E-state index contributed by atoms with van der Waals surface area (Å²) in [5.74, 6) is 0. The van der Waals surface area contributed by atoms with Crippen LogP contribution in [-0.4, -0.2) is 18.0 Å². The topological polar surface area (TPSA) is 35.2 Å². The van der Waals surface area contributed by atoms with E-state index in [2.05, 4.69) is 22.7 Å². The molecule has 0 aromatic rings. The molecule has 0 bridgehead atoms. The predicted octanol–water partition coefficient (Wildman–Crippen LogP) is 0.809. The van der Waals surface area contributed by atoms with Crippen molar-refractivity contribution in [3.05, 3.63) is 0 Å². The lowest BCUT2D eigenvalue weighted by Crippen LogP contribution is -2.23. The van der Waals surface area contributed by atoms with Gasteiger partial charge >= 0.3 is 6.18 Å². The highest BCUT2D eigenvalue weighted by Crippen LogP contribution is 2.13. The Hall–Kier alpha value is -0.520. The maximum Gasteiger partial charge on any atom is 0.422 e. The van der Waals surface area contributed by atoms with Crippen LogP contribution in [0.2, 0.25) is 0 Å². The van der Waals surface area contributed by atoms with Gasteiger partial charge in [0.05, 0.1) is 0 Å². The Balaban J connectivity index is 3.39. The fourth-order valence-corrected chi connectivity index (χ4v) is 0.212. The fraction of sp³-hybridized carbons (Fsp3) is 0.667. The van der Waals surface area contributed by atoms with E-state index >= 15 is 0 Å². The molecule has 2 N–H and O–H groups in total. The zero-order valence-corrected chi connectivity index (χ0v) is 5.05. The average molecular weight is 159 g/mol. The molecule has 0 saturated carbocycles. The minimum absolute atomic E-state index is 0.590. The largest absolute Gasteiger partial charge is 0.462 e. The monoisotopic (exact) mass is 159 g/mol. The lowest BCUT2D eigenvalue weighted by atomic mass is 10.7. The van der Waals surface area contributed by atoms with Crippen LogP contribution in [0.15, 0.2) is 0 Å². The summed E-state index contributed by atoms with van der Waals surface area (Å²) in [6.07, 6.45) is -4.36. The Bertz CT molecular complexity index is 112. The van der Waals surface area contributed by atoms with Crippen LogP contribution in [0.4, 0.5) is 13.2 Å². The van der Waals surface area contributed by atoms with Crippen molar-refractivity contribution in [1.82, 2.24) is 0 Å². The zero-order chi connectivity index (χ0) is 7.49. The average Bonchev–Trinajstić information content (AvgIpc) is 1.59. The van der Waals surface area contributed by atoms with Crippen LogP contribution in [0.1, 0.15) is 0 Å². The van der Waals surface area contributed by atoms with Gasteiger partial charge in [0.25, 0.3) is 5.17 Å². The number of nitrogens with two attached hydrogens (primary N) is 1. The summed E-state index contributed by atoms with van der Waals surface area (Å²) in [6.45, 7) is -1.41. The normalized spacial score (nSPS) is 11.0. The first kappa shape index (κ1) is 8.48. The fourth-order valence-electron chi connectivity index (χ4n) is 0.153. The molecule has 0 aliphatic carbocycles. The molecule has 0 radical (unpaired) electrons. The summed E-state index contributed by atoms with van der Waals surface area (Å²) in [5, 5.41) is -0.590. The Morgan fingerprint density at radius 1 is 1.56 bits per heavy atom. The van der Waals surface area contributed by atoms with E-state index < -0.39 is 18.0 Å². The van der Waals surface area contributed by atoms with Crippen LogP contribution in [-0.2, 0) is 4.74 Å². The number of halogens is 3. The van der Waals surface area contributed by atoms with Crippen molar-refractivity contribution in [3.63, 3.8) is 0 Å². The van der Waals surface area contributed by atoms with Gasteiger partial charge in [0.1, 0.15) is 0 Å². The molecule has 0 aliphatic heterocycles. The van der Waals surface area contributed by atoms with Crippen molar-refractivity contribution in [1.29, 1.82) is 0 Å². The molecule has 0 unspecified atom stereocenters. The zero-order valence-electron chi connectivity index (χ0n) is 4.23. The van der Waals surface area contributed by atoms with E-state index in [1.165, 1.54) is 0 Å². The van der Waals surface area contributed by atoms with Crippen LogP contribution in [0.3, 0.4) is 0 Å². The number of hydrogen-bond donors (Lipinski definition) is 1. The second-order valence-electron chi connectivity index (χ2n) is 1.22. The van der Waals surface area contributed by atoms with Gasteiger partial charge in [-0.15, -0.1) is 0 Å². The molecule has 0 spiro atoms. The molecule has 0 aromatic heterocycles. The molecule has 6 heteroatoms. The van der Waals surface area contributed by atoms with Gasteiger partial charge in [-0.2, -0.15) is 13.2 Å². The van der Waals surface area contributed by atoms with E-state index in [1.54, 1.807) is 0 Å². The van der Waals surface area contributed by atoms with Crippen molar-refractivity contribution < 1.29 is 17.9 Å². The number of rotatable bonds is 1. The van der Waals surface area contributed by atoms with Crippen molar-refractivity contribution in [2.75, 3.05) is 6.61 Å². The second-order valence-corrected chi connectivity index (χ2v) is 1.63. The maximum atomic E-state index is 11.2. The molecule has 0 heterocycles. The maximum absolute atomic E-state index is 11.2. The van der Waals surface area contributed by atoms with Crippen LogP contribution >= 0.6 is 12.2 Å². The summed E-state index contributed by atoms with van der Waals surface area (Å²) in [4.78, 5) is 0. The molecule has 2 nitrogen and oxygen atoms in total. The molecule has 0 saturated heterocycles. The van der Waals surface area contributed by atoms with E-state index in [9.17, 15) is 13.2 Å². The van der Waals surface area contributed by atoms with Crippen molar-refractivity contribution in [3.8, 4) is 0 Å². The summed E-state index contributed by atoms with van der Waals surface area (Å²) in [5.41, 5.74) is 4.61. The third-order valence-corrected chi connectivity index (χ3v) is 0.496.